The van der Waals surface area contributed by atoms with Crippen LogP contribution in [0.25, 0.3) is 44.5 Å². The molecule has 0 aromatic heterocycles. The van der Waals surface area contributed by atoms with Crippen molar-refractivity contribution in [3.63, 3.8) is 0 Å². The van der Waals surface area contributed by atoms with Gasteiger partial charge in [-0.05, 0) is 131 Å². The minimum Gasteiger partial charge on any atom is -0.366 e. The molecule has 0 aliphatic heterocycles. The van der Waals surface area contributed by atoms with Crippen LogP contribution >= 0.6 is 0 Å². The first-order chi connectivity index (χ1) is 27.2. The Kier molecular flexibility index (Phi) is 10.4. The predicted molar refractivity (Wildman–Crippen MR) is 234 cm³/mol. The molecule has 0 bridgehead atoms. The summed E-state index contributed by atoms with van der Waals surface area (Å²) in [6.07, 6.45) is 9.98. The van der Waals surface area contributed by atoms with E-state index in [-0.39, 0.29) is 0 Å². The van der Waals surface area contributed by atoms with Gasteiger partial charge in [0.1, 0.15) is 0 Å². The van der Waals surface area contributed by atoms with E-state index in [0.717, 1.165) is 0 Å². The molecule has 0 spiro atoms. The van der Waals surface area contributed by atoms with Crippen molar-refractivity contribution in [2.45, 2.75) is 75.3 Å². The molecule has 9 rings (SSSR count). The Balaban J connectivity index is 0.914. The second kappa shape index (κ2) is 16.4. The summed E-state index contributed by atoms with van der Waals surface area (Å²) in [5, 5.41) is 0. The molecule has 2 fully saturated rings. The van der Waals surface area contributed by atoms with E-state index in [0.29, 0.717) is 23.9 Å². The van der Waals surface area contributed by atoms with E-state index in [1.807, 2.05) is 0 Å². The van der Waals surface area contributed by atoms with Crippen molar-refractivity contribution in [1.29, 1.82) is 0 Å². The summed E-state index contributed by atoms with van der Waals surface area (Å²) in [4.78, 5) is 2.88. The lowest BCUT2D eigenvalue weighted by Gasteiger charge is -2.45. The molecule has 0 amide bonds. The lowest BCUT2D eigenvalue weighted by molar-refractivity contribution is 0.310. The van der Waals surface area contributed by atoms with Crippen LogP contribution in [-0.2, 0) is 0 Å². The zero-order valence-corrected chi connectivity index (χ0v) is 31.8. The fourth-order valence-corrected chi connectivity index (χ4v) is 9.56. The van der Waals surface area contributed by atoms with Crippen LogP contribution in [0, 0.1) is 0 Å². The third-order valence-corrected chi connectivity index (χ3v) is 12.6. The van der Waals surface area contributed by atoms with Gasteiger partial charge in [-0.3, -0.25) is 0 Å². The SMILES string of the molecule is c1ccc(-c2ccc(-c3ccc(N(C4CCC(c5ccc(-c6ccccc6)cc5)CC4)C4CCC(c5ccc(-c6ccccc6)cc5)CC4)cc3)cc2)cc1. The van der Waals surface area contributed by atoms with Crippen molar-refractivity contribution < 1.29 is 0 Å². The van der Waals surface area contributed by atoms with Crippen molar-refractivity contribution in [3.05, 3.63) is 199 Å². The normalized spacial score (nSPS) is 19.8. The average molecular weight is 714 g/mol. The smallest absolute Gasteiger partial charge is 0.0371 e. The first-order valence-electron chi connectivity index (χ1n) is 20.6. The second-order valence-corrected chi connectivity index (χ2v) is 15.9. The molecule has 55 heavy (non-hydrogen) atoms. The van der Waals surface area contributed by atoms with E-state index >= 15 is 0 Å². The summed E-state index contributed by atoms with van der Waals surface area (Å²) in [5.41, 5.74) is 14.7. The lowest BCUT2D eigenvalue weighted by atomic mass is 9.77. The van der Waals surface area contributed by atoms with Crippen LogP contribution in [0.4, 0.5) is 5.69 Å². The van der Waals surface area contributed by atoms with E-state index in [2.05, 4.69) is 193 Å². The van der Waals surface area contributed by atoms with Gasteiger partial charge in [0.05, 0.1) is 0 Å². The number of rotatable bonds is 9. The number of hydrogen-bond donors (Lipinski definition) is 0. The maximum Gasteiger partial charge on any atom is 0.0371 e. The largest absolute Gasteiger partial charge is 0.366 e. The molecular weight excluding hydrogens is 663 g/mol. The van der Waals surface area contributed by atoms with Gasteiger partial charge >= 0.3 is 0 Å². The Bertz CT molecular complexity index is 2120. The molecule has 272 valence electrons. The van der Waals surface area contributed by atoms with Crippen molar-refractivity contribution in [3.8, 4) is 44.5 Å². The molecule has 0 unspecified atom stereocenters. The molecule has 2 aliphatic carbocycles. The van der Waals surface area contributed by atoms with Gasteiger partial charge in [-0.25, -0.2) is 0 Å². The summed E-state index contributed by atoms with van der Waals surface area (Å²) in [7, 11) is 0. The van der Waals surface area contributed by atoms with Crippen molar-refractivity contribution >= 4 is 5.69 Å². The highest BCUT2D eigenvalue weighted by atomic mass is 15.2. The van der Waals surface area contributed by atoms with Gasteiger partial charge in [-0.1, -0.05) is 176 Å². The van der Waals surface area contributed by atoms with Crippen LogP contribution in [0.1, 0.15) is 74.3 Å². The second-order valence-electron chi connectivity index (χ2n) is 15.9. The Hall–Kier alpha value is -5.66. The highest BCUT2D eigenvalue weighted by molar-refractivity contribution is 5.72. The molecule has 0 radical (unpaired) electrons. The maximum absolute atomic E-state index is 2.88. The van der Waals surface area contributed by atoms with Gasteiger partial charge in [0.25, 0.3) is 0 Å². The summed E-state index contributed by atoms with van der Waals surface area (Å²) in [5.74, 6) is 1.28. The minimum absolute atomic E-state index is 0.572. The highest BCUT2D eigenvalue weighted by Gasteiger charge is 2.34. The molecule has 0 N–H and O–H groups in total. The van der Waals surface area contributed by atoms with Gasteiger partial charge in [0.15, 0.2) is 0 Å². The van der Waals surface area contributed by atoms with Crippen LogP contribution in [-0.4, -0.2) is 12.1 Å². The Labute approximate surface area is 328 Å². The molecule has 2 saturated carbocycles. The summed E-state index contributed by atoms with van der Waals surface area (Å²) >= 11 is 0. The van der Waals surface area contributed by atoms with Crippen LogP contribution in [0.15, 0.2) is 188 Å². The van der Waals surface area contributed by atoms with Crippen molar-refractivity contribution in [2.24, 2.45) is 0 Å². The molecule has 2 aliphatic rings. The summed E-state index contributed by atoms with van der Waals surface area (Å²) in [6, 6.07) is 70.8. The number of nitrogens with zero attached hydrogens (tertiary/aromatic N) is 1. The Morgan fingerprint density at radius 2 is 0.509 bits per heavy atom. The fourth-order valence-electron chi connectivity index (χ4n) is 9.56. The number of hydrogen-bond acceptors (Lipinski definition) is 1. The third kappa shape index (κ3) is 7.94. The highest BCUT2D eigenvalue weighted by Crippen LogP contribution is 2.42. The van der Waals surface area contributed by atoms with Crippen LogP contribution in [0.3, 0.4) is 0 Å². The fraction of sp³-hybridized carbons (Fsp3) is 0.222. The van der Waals surface area contributed by atoms with Crippen molar-refractivity contribution in [2.75, 3.05) is 4.90 Å². The van der Waals surface area contributed by atoms with E-state index in [1.165, 1.54) is 113 Å². The van der Waals surface area contributed by atoms with E-state index in [1.54, 1.807) is 0 Å². The molecule has 1 nitrogen and oxygen atoms in total. The van der Waals surface area contributed by atoms with E-state index in [9.17, 15) is 0 Å². The topological polar surface area (TPSA) is 3.24 Å². The molecule has 0 heterocycles. The minimum atomic E-state index is 0.572. The number of benzene rings is 7. The van der Waals surface area contributed by atoms with Gasteiger partial charge in [0, 0.05) is 17.8 Å². The number of anilines is 1. The zero-order chi connectivity index (χ0) is 36.8. The molecule has 1 heteroatoms. The van der Waals surface area contributed by atoms with Crippen LogP contribution in [0.2, 0.25) is 0 Å². The van der Waals surface area contributed by atoms with Gasteiger partial charge in [0.2, 0.25) is 0 Å². The standard InChI is InChI=1S/C54H51N/c1-4-10-40(11-5-1)43-16-22-46(23-17-43)49-28-34-52(35-29-49)55(53-36-30-50(31-37-53)47-24-18-44(19-25-47)41-12-6-2-7-13-41)54-38-32-51(33-39-54)48-26-20-45(21-27-48)42-14-8-3-9-15-42/h1-29,34-35,50-51,53-54H,30-33,36-39H2. The molecule has 7 aromatic rings. The van der Waals surface area contributed by atoms with Crippen LogP contribution in [0.5, 0.6) is 0 Å². The summed E-state index contributed by atoms with van der Waals surface area (Å²) in [6.45, 7) is 0. The predicted octanol–water partition coefficient (Wildman–Crippen LogP) is 14.6. The molecule has 0 saturated heterocycles. The van der Waals surface area contributed by atoms with Gasteiger partial charge in [-0.2, -0.15) is 0 Å². The van der Waals surface area contributed by atoms with Gasteiger partial charge < -0.3 is 4.90 Å². The average Bonchev–Trinajstić information content (AvgIpc) is 3.28. The Morgan fingerprint density at radius 3 is 0.818 bits per heavy atom. The summed E-state index contributed by atoms with van der Waals surface area (Å²) < 4.78 is 0. The first-order valence-corrected chi connectivity index (χ1v) is 20.6. The molecule has 7 aromatic carbocycles. The molecular formula is C54H51N. The Morgan fingerprint density at radius 1 is 0.255 bits per heavy atom. The van der Waals surface area contributed by atoms with Crippen LogP contribution < -0.4 is 4.90 Å². The monoisotopic (exact) mass is 713 g/mol. The van der Waals surface area contributed by atoms with E-state index in [4.69, 9.17) is 0 Å². The third-order valence-electron chi connectivity index (χ3n) is 12.6. The van der Waals surface area contributed by atoms with Gasteiger partial charge in [-0.15, -0.1) is 0 Å². The van der Waals surface area contributed by atoms with E-state index < -0.39 is 0 Å². The lowest BCUT2D eigenvalue weighted by Crippen LogP contribution is -2.46. The zero-order valence-electron chi connectivity index (χ0n) is 31.8. The molecule has 0 atom stereocenters. The maximum atomic E-state index is 2.88. The first kappa shape index (κ1) is 35.1. The van der Waals surface area contributed by atoms with Crippen molar-refractivity contribution in [1.82, 2.24) is 0 Å². The quantitative estimate of drug-likeness (QED) is 0.144.